The van der Waals surface area contributed by atoms with Crippen molar-refractivity contribution in [3.63, 3.8) is 0 Å². The molecular weight excluding hydrogens is 446 g/mol. The lowest BCUT2D eigenvalue weighted by atomic mass is 10.1. The molecule has 0 saturated carbocycles. The Morgan fingerprint density at radius 1 is 0.657 bits per heavy atom. The van der Waals surface area contributed by atoms with E-state index in [0.717, 1.165) is 70.6 Å². The summed E-state index contributed by atoms with van der Waals surface area (Å²) >= 11 is 0. The maximum Gasteiger partial charge on any atom is 0.328 e. The summed E-state index contributed by atoms with van der Waals surface area (Å²) in [7, 11) is 0. The van der Waals surface area contributed by atoms with E-state index in [1.54, 1.807) is 6.92 Å². The molecule has 0 aliphatic heterocycles. The Bertz CT molecular complexity index is 592. The lowest BCUT2D eigenvalue weighted by Crippen LogP contribution is -2.41. The van der Waals surface area contributed by atoms with Gasteiger partial charge in [0.05, 0.1) is 19.1 Å². The SMILES string of the molecule is CCCCC(C)C(=O)OCCCCOC(=O)C(CCCC)NC(=O)CCCCCCCCC(C)=O. The molecule has 0 bridgehead atoms. The number of unbranched alkanes of at least 4 members (excludes halogenated alkanes) is 8. The minimum atomic E-state index is -0.605. The van der Waals surface area contributed by atoms with Gasteiger partial charge in [0.25, 0.3) is 0 Å². The molecule has 7 heteroatoms. The molecule has 0 aliphatic rings. The van der Waals surface area contributed by atoms with Gasteiger partial charge < -0.3 is 19.6 Å². The van der Waals surface area contributed by atoms with Gasteiger partial charge in [-0.15, -0.1) is 0 Å². The first kappa shape index (κ1) is 33.1. The van der Waals surface area contributed by atoms with Crippen LogP contribution in [0.2, 0.25) is 0 Å². The lowest BCUT2D eigenvalue weighted by molar-refractivity contribution is -0.150. The van der Waals surface area contributed by atoms with E-state index in [9.17, 15) is 19.2 Å². The summed E-state index contributed by atoms with van der Waals surface area (Å²) in [5.74, 6) is -0.489. The second-order valence-corrected chi connectivity index (χ2v) is 9.67. The highest BCUT2D eigenvalue weighted by Gasteiger charge is 2.21. The molecule has 1 N–H and O–H groups in total. The van der Waals surface area contributed by atoms with E-state index in [-0.39, 0.29) is 36.2 Å². The van der Waals surface area contributed by atoms with Crippen molar-refractivity contribution in [2.45, 2.75) is 136 Å². The Morgan fingerprint density at radius 2 is 1.17 bits per heavy atom. The number of carbonyl (C=O) groups is 4. The highest BCUT2D eigenvalue weighted by molar-refractivity contribution is 5.84. The van der Waals surface area contributed by atoms with E-state index < -0.39 is 6.04 Å². The van der Waals surface area contributed by atoms with Gasteiger partial charge in [0.1, 0.15) is 11.8 Å². The highest BCUT2D eigenvalue weighted by atomic mass is 16.5. The van der Waals surface area contributed by atoms with Gasteiger partial charge in [0, 0.05) is 12.8 Å². The van der Waals surface area contributed by atoms with Crippen LogP contribution in [0.3, 0.4) is 0 Å². The number of esters is 2. The van der Waals surface area contributed by atoms with Crippen molar-refractivity contribution in [2.75, 3.05) is 13.2 Å². The van der Waals surface area contributed by atoms with Gasteiger partial charge >= 0.3 is 11.9 Å². The second-order valence-electron chi connectivity index (χ2n) is 9.67. The molecule has 1 amide bonds. The van der Waals surface area contributed by atoms with Gasteiger partial charge in [-0.2, -0.15) is 0 Å². The van der Waals surface area contributed by atoms with Crippen LogP contribution < -0.4 is 5.32 Å². The van der Waals surface area contributed by atoms with Crippen LogP contribution in [-0.4, -0.2) is 42.9 Å². The molecule has 204 valence electrons. The molecule has 0 aromatic rings. The quantitative estimate of drug-likeness (QED) is 0.136. The monoisotopic (exact) mass is 497 g/mol. The van der Waals surface area contributed by atoms with E-state index in [2.05, 4.69) is 12.2 Å². The van der Waals surface area contributed by atoms with Crippen LogP contribution in [0.15, 0.2) is 0 Å². The number of ether oxygens (including phenoxy) is 2. The molecule has 0 fully saturated rings. The fraction of sp³-hybridized carbons (Fsp3) is 0.857. The zero-order valence-corrected chi connectivity index (χ0v) is 22.8. The van der Waals surface area contributed by atoms with E-state index in [0.29, 0.717) is 38.7 Å². The third kappa shape index (κ3) is 20.0. The number of carbonyl (C=O) groups excluding carboxylic acids is 4. The van der Waals surface area contributed by atoms with Crippen LogP contribution in [0.5, 0.6) is 0 Å². The maximum atomic E-state index is 12.5. The first-order chi connectivity index (χ1) is 16.8. The standard InChI is InChI=1S/C28H51NO6/c1-5-7-17-23(3)27(32)34-21-15-16-22-35-28(33)25(19-8-6-2)29-26(31)20-14-12-10-9-11-13-18-24(4)30/h23,25H,5-22H2,1-4H3,(H,29,31). The van der Waals surface area contributed by atoms with Gasteiger partial charge in [0.15, 0.2) is 0 Å². The summed E-state index contributed by atoms with van der Waals surface area (Å²) in [6.45, 7) is 8.25. The second kappa shape index (κ2) is 22.5. The van der Waals surface area contributed by atoms with Crippen molar-refractivity contribution in [2.24, 2.45) is 5.92 Å². The Balaban J connectivity index is 4.07. The Morgan fingerprint density at radius 3 is 1.74 bits per heavy atom. The van der Waals surface area contributed by atoms with Crippen LogP contribution in [0.1, 0.15) is 130 Å². The summed E-state index contributed by atoms with van der Waals surface area (Å²) in [4.78, 5) is 47.6. The molecule has 0 rings (SSSR count). The van der Waals surface area contributed by atoms with E-state index in [1.165, 1.54) is 0 Å². The molecule has 0 aromatic carbocycles. The molecule has 0 heterocycles. The summed E-state index contributed by atoms with van der Waals surface area (Å²) < 4.78 is 10.7. The number of nitrogens with one attached hydrogen (secondary N) is 1. The van der Waals surface area contributed by atoms with Gasteiger partial charge in [-0.3, -0.25) is 9.59 Å². The van der Waals surface area contributed by atoms with Gasteiger partial charge in [-0.05, 0) is 45.4 Å². The predicted octanol–water partition coefficient (Wildman–Crippen LogP) is 6.06. The van der Waals surface area contributed by atoms with Crippen LogP contribution in [-0.2, 0) is 28.7 Å². The maximum absolute atomic E-state index is 12.5. The average Bonchev–Trinajstić information content (AvgIpc) is 2.83. The van der Waals surface area contributed by atoms with Crippen molar-refractivity contribution in [3.05, 3.63) is 0 Å². The first-order valence-corrected chi connectivity index (χ1v) is 13.9. The number of Topliss-reactive ketones (excluding diaryl/α,β-unsaturated/α-hetero) is 1. The summed E-state index contributed by atoms with van der Waals surface area (Å²) in [5.41, 5.74) is 0. The average molecular weight is 498 g/mol. The van der Waals surface area contributed by atoms with Crippen molar-refractivity contribution in [3.8, 4) is 0 Å². The molecule has 2 atom stereocenters. The molecule has 0 aliphatic carbocycles. The first-order valence-electron chi connectivity index (χ1n) is 13.9. The van der Waals surface area contributed by atoms with E-state index >= 15 is 0 Å². The zero-order valence-electron chi connectivity index (χ0n) is 22.8. The smallest absolute Gasteiger partial charge is 0.328 e. The Hall–Kier alpha value is -1.92. The fourth-order valence-electron chi connectivity index (χ4n) is 3.71. The molecule has 7 nitrogen and oxygen atoms in total. The highest BCUT2D eigenvalue weighted by Crippen LogP contribution is 2.11. The third-order valence-electron chi connectivity index (χ3n) is 6.07. The van der Waals surface area contributed by atoms with Gasteiger partial charge in [0.2, 0.25) is 5.91 Å². The van der Waals surface area contributed by atoms with Crippen LogP contribution in [0, 0.1) is 5.92 Å². The zero-order chi connectivity index (χ0) is 26.3. The van der Waals surface area contributed by atoms with E-state index in [4.69, 9.17) is 9.47 Å². The van der Waals surface area contributed by atoms with Crippen LogP contribution in [0.4, 0.5) is 0 Å². The molecule has 0 radical (unpaired) electrons. The third-order valence-corrected chi connectivity index (χ3v) is 6.07. The Kier molecular flexibility index (Phi) is 21.3. The lowest BCUT2D eigenvalue weighted by Gasteiger charge is -2.17. The summed E-state index contributed by atoms with van der Waals surface area (Å²) in [6.07, 6.45) is 13.5. The molecule has 2 unspecified atom stereocenters. The van der Waals surface area contributed by atoms with Crippen molar-refractivity contribution in [1.29, 1.82) is 0 Å². The molecule has 0 saturated heterocycles. The van der Waals surface area contributed by atoms with Crippen molar-refractivity contribution >= 4 is 23.6 Å². The molecular formula is C28H51NO6. The fourth-order valence-corrected chi connectivity index (χ4v) is 3.71. The summed E-state index contributed by atoms with van der Waals surface area (Å²) in [6, 6.07) is -0.605. The largest absolute Gasteiger partial charge is 0.465 e. The molecule has 35 heavy (non-hydrogen) atoms. The minimum Gasteiger partial charge on any atom is -0.465 e. The Labute approximate surface area is 213 Å². The number of amides is 1. The van der Waals surface area contributed by atoms with Crippen LogP contribution >= 0.6 is 0 Å². The van der Waals surface area contributed by atoms with Gasteiger partial charge in [-0.1, -0.05) is 72.1 Å². The summed E-state index contributed by atoms with van der Waals surface area (Å²) in [5, 5.41) is 2.85. The molecule has 0 aromatic heterocycles. The number of ketones is 1. The van der Waals surface area contributed by atoms with Crippen molar-refractivity contribution < 1.29 is 28.7 Å². The number of hydrogen-bond donors (Lipinski definition) is 1. The minimum absolute atomic E-state index is 0.0755. The van der Waals surface area contributed by atoms with E-state index in [1.807, 2.05) is 13.8 Å². The van der Waals surface area contributed by atoms with Gasteiger partial charge in [-0.25, -0.2) is 4.79 Å². The topological polar surface area (TPSA) is 98.8 Å². The number of rotatable bonds is 23. The van der Waals surface area contributed by atoms with Crippen molar-refractivity contribution in [1.82, 2.24) is 5.32 Å². The van der Waals surface area contributed by atoms with Crippen LogP contribution in [0.25, 0.3) is 0 Å². The molecule has 0 spiro atoms. The normalized spacial score (nSPS) is 12.6. The predicted molar refractivity (Wildman–Crippen MR) is 139 cm³/mol. The number of hydrogen-bond acceptors (Lipinski definition) is 6.